The summed E-state index contributed by atoms with van der Waals surface area (Å²) in [5, 5.41) is 11.4. The summed E-state index contributed by atoms with van der Waals surface area (Å²) < 4.78 is 0. The van der Waals surface area contributed by atoms with Gasteiger partial charge in [-0.25, -0.2) is 0 Å². The Hall–Kier alpha value is -0.0800. The number of rotatable bonds is 0. The molecule has 1 heterocycles. The van der Waals surface area contributed by atoms with E-state index >= 15 is 0 Å². The normalized spacial score (nSPS) is 39.5. The quantitative estimate of drug-likeness (QED) is 0.398. The van der Waals surface area contributed by atoms with Gasteiger partial charge in [0.1, 0.15) is 6.23 Å². The van der Waals surface area contributed by atoms with Crippen molar-refractivity contribution in [3.63, 3.8) is 0 Å². The van der Waals surface area contributed by atoms with E-state index in [1.54, 1.807) is 0 Å². The van der Waals surface area contributed by atoms with Crippen LogP contribution in [0, 0.1) is 0 Å². The van der Waals surface area contributed by atoms with E-state index in [1.165, 1.54) is 0 Å². The van der Waals surface area contributed by atoms with E-state index in [2.05, 4.69) is 5.32 Å². The van der Waals surface area contributed by atoms with Gasteiger partial charge in [-0.15, -0.1) is 0 Å². The lowest BCUT2D eigenvalue weighted by Gasteiger charge is -1.87. The van der Waals surface area contributed by atoms with Gasteiger partial charge in [-0.1, -0.05) is 0 Å². The molecule has 0 aromatic carbocycles. The number of nitrogens with one attached hydrogen (secondary N) is 1. The highest BCUT2D eigenvalue weighted by Crippen LogP contribution is 2.20. The van der Waals surface area contributed by atoms with Crippen molar-refractivity contribution in [2.75, 3.05) is 0 Å². The van der Waals surface area contributed by atoms with Crippen molar-refractivity contribution in [1.29, 1.82) is 0 Å². The van der Waals surface area contributed by atoms with Crippen LogP contribution < -0.4 is 5.32 Å². The van der Waals surface area contributed by atoms with Gasteiger partial charge >= 0.3 is 0 Å². The highest BCUT2D eigenvalue weighted by atomic mass is 16.3. The summed E-state index contributed by atoms with van der Waals surface area (Å²) in [6.07, 6.45) is -0.252. The Morgan fingerprint density at radius 1 is 1.67 bits per heavy atom. The minimum absolute atomic E-state index is 0.0139. The molecule has 0 aromatic heterocycles. The molecule has 0 spiro atoms. The molecule has 6 heavy (non-hydrogen) atoms. The Bertz CT molecular complexity index is 69.9. The summed E-state index contributed by atoms with van der Waals surface area (Å²) in [7, 11) is 0. The molecule has 0 aliphatic carbocycles. The van der Waals surface area contributed by atoms with Crippen molar-refractivity contribution in [1.82, 2.24) is 5.32 Å². The molecule has 0 saturated carbocycles. The zero-order valence-electron chi connectivity index (χ0n) is 4.02. The second kappa shape index (κ2) is 0.768. The largest absolute Gasteiger partial charge is 0.377 e. The third-order valence-electron chi connectivity index (χ3n) is 1.11. The molecule has 0 aromatic rings. The van der Waals surface area contributed by atoms with E-state index in [1.807, 2.05) is 13.8 Å². The van der Waals surface area contributed by atoms with E-state index < -0.39 is 0 Å². The molecular weight excluding hydrogens is 78.0 g/mol. The highest BCUT2D eigenvalue weighted by Gasteiger charge is 2.43. The molecule has 2 N–H and O–H groups in total. The summed E-state index contributed by atoms with van der Waals surface area (Å²) >= 11 is 0. The molecule has 1 aliphatic rings. The van der Waals surface area contributed by atoms with Gasteiger partial charge in [-0.3, -0.25) is 5.32 Å². The van der Waals surface area contributed by atoms with E-state index in [-0.39, 0.29) is 11.8 Å². The van der Waals surface area contributed by atoms with Gasteiger partial charge in [-0.2, -0.15) is 0 Å². The van der Waals surface area contributed by atoms with Crippen molar-refractivity contribution < 1.29 is 5.11 Å². The molecule has 36 valence electrons. The van der Waals surface area contributed by atoms with Crippen molar-refractivity contribution in [3.8, 4) is 0 Å². The van der Waals surface area contributed by atoms with Gasteiger partial charge in [0.2, 0.25) is 0 Å². The van der Waals surface area contributed by atoms with Crippen LogP contribution in [0.3, 0.4) is 0 Å². The molecule has 0 radical (unpaired) electrons. The van der Waals surface area contributed by atoms with Crippen molar-refractivity contribution >= 4 is 0 Å². The first kappa shape index (κ1) is 4.09. The van der Waals surface area contributed by atoms with Crippen molar-refractivity contribution in [2.24, 2.45) is 0 Å². The van der Waals surface area contributed by atoms with Gasteiger partial charge in [0, 0.05) is 0 Å². The Morgan fingerprint density at radius 3 is 1.83 bits per heavy atom. The summed E-state index contributed by atoms with van der Waals surface area (Å²) in [5.41, 5.74) is 0.0139. The fourth-order valence-electron chi connectivity index (χ4n) is 0.311. The third kappa shape index (κ3) is 0.420. The average molecular weight is 87.1 g/mol. The van der Waals surface area contributed by atoms with Crippen LogP contribution in [-0.4, -0.2) is 16.9 Å². The third-order valence-corrected chi connectivity index (χ3v) is 1.11. The lowest BCUT2D eigenvalue weighted by Crippen LogP contribution is -2.01. The predicted molar refractivity (Wildman–Crippen MR) is 23.2 cm³/mol. The first-order valence-electron chi connectivity index (χ1n) is 2.09. The Morgan fingerprint density at radius 2 is 1.83 bits per heavy atom. The molecule has 0 bridgehead atoms. The van der Waals surface area contributed by atoms with Crippen LogP contribution in [0.5, 0.6) is 0 Å². The van der Waals surface area contributed by atoms with Gasteiger partial charge in [-0.05, 0) is 13.8 Å². The molecular formula is C4H9NO. The lowest BCUT2D eigenvalue weighted by molar-refractivity contribution is 0.251. The Kier molecular flexibility index (Phi) is 0.524. The van der Waals surface area contributed by atoms with E-state index in [9.17, 15) is 0 Å². The fraction of sp³-hybridized carbons (Fsp3) is 1.00. The average Bonchev–Trinajstić information content (AvgIpc) is 1.73. The first-order valence-corrected chi connectivity index (χ1v) is 2.09. The van der Waals surface area contributed by atoms with E-state index in [0.717, 1.165) is 0 Å². The van der Waals surface area contributed by atoms with Crippen LogP contribution in [0.1, 0.15) is 13.8 Å². The fourth-order valence-corrected chi connectivity index (χ4v) is 0.311. The Labute approximate surface area is 37.2 Å². The van der Waals surface area contributed by atoms with Gasteiger partial charge in [0.05, 0.1) is 5.54 Å². The SMILES string of the molecule is CC1(C)NC1O. The minimum atomic E-state index is -0.252. The monoisotopic (exact) mass is 87.1 g/mol. The summed E-state index contributed by atoms with van der Waals surface area (Å²) in [4.78, 5) is 0. The van der Waals surface area contributed by atoms with Crippen LogP contribution in [0.25, 0.3) is 0 Å². The maximum absolute atomic E-state index is 8.58. The van der Waals surface area contributed by atoms with Crippen molar-refractivity contribution in [2.45, 2.75) is 25.6 Å². The van der Waals surface area contributed by atoms with Crippen LogP contribution in [0.4, 0.5) is 0 Å². The molecule has 1 fully saturated rings. The molecule has 1 saturated heterocycles. The number of hydrogen-bond acceptors (Lipinski definition) is 2. The van der Waals surface area contributed by atoms with Crippen LogP contribution in [0.2, 0.25) is 0 Å². The summed E-state index contributed by atoms with van der Waals surface area (Å²) in [6.45, 7) is 3.91. The second-order valence-corrected chi connectivity index (χ2v) is 2.27. The van der Waals surface area contributed by atoms with Gasteiger partial charge in [0.25, 0.3) is 0 Å². The maximum atomic E-state index is 8.58. The molecule has 2 heteroatoms. The van der Waals surface area contributed by atoms with Gasteiger partial charge in [0.15, 0.2) is 0 Å². The Balaban J connectivity index is 2.41. The predicted octanol–water partition coefficient (Wildman–Crippen LogP) is -0.313. The smallest absolute Gasteiger partial charge is 0.123 e. The molecule has 1 aliphatic heterocycles. The molecule has 1 atom stereocenters. The topological polar surface area (TPSA) is 42.2 Å². The standard InChI is InChI=1S/C4H9NO/c1-4(2)3(6)5-4/h3,5-6H,1-2H3. The number of aliphatic hydroxyl groups excluding tert-OH is 1. The maximum Gasteiger partial charge on any atom is 0.123 e. The molecule has 1 rings (SSSR count). The summed E-state index contributed by atoms with van der Waals surface area (Å²) in [5.74, 6) is 0. The minimum Gasteiger partial charge on any atom is -0.377 e. The molecule has 1 unspecified atom stereocenters. The first-order chi connectivity index (χ1) is 2.63. The zero-order chi connectivity index (χ0) is 4.78. The number of aliphatic hydroxyl groups is 1. The van der Waals surface area contributed by atoms with Crippen molar-refractivity contribution in [3.05, 3.63) is 0 Å². The summed E-state index contributed by atoms with van der Waals surface area (Å²) in [6, 6.07) is 0. The molecule has 2 nitrogen and oxygen atoms in total. The highest BCUT2D eigenvalue weighted by molar-refractivity contribution is 4.99. The lowest BCUT2D eigenvalue weighted by atomic mass is 10.2. The molecule has 0 amide bonds. The van der Waals surface area contributed by atoms with E-state index in [4.69, 9.17) is 5.11 Å². The van der Waals surface area contributed by atoms with Crippen LogP contribution in [-0.2, 0) is 0 Å². The second-order valence-electron chi connectivity index (χ2n) is 2.27. The van der Waals surface area contributed by atoms with Gasteiger partial charge < -0.3 is 5.11 Å². The zero-order valence-corrected chi connectivity index (χ0v) is 4.02. The van der Waals surface area contributed by atoms with Crippen LogP contribution >= 0.6 is 0 Å². The van der Waals surface area contributed by atoms with Crippen LogP contribution in [0.15, 0.2) is 0 Å². The number of hydrogen-bond donors (Lipinski definition) is 2. The van der Waals surface area contributed by atoms with E-state index in [0.29, 0.717) is 0 Å².